The highest BCUT2D eigenvalue weighted by atomic mass is 16.5. The number of unbranched alkanes of at least 4 members (excludes halogenated alkanes) is 4. The van der Waals surface area contributed by atoms with E-state index in [1.807, 2.05) is 0 Å². The van der Waals surface area contributed by atoms with Gasteiger partial charge in [-0.3, -0.25) is 0 Å². The van der Waals surface area contributed by atoms with Gasteiger partial charge in [-0.1, -0.05) is 39.0 Å². The van der Waals surface area contributed by atoms with Crippen LogP contribution in [0.25, 0.3) is 0 Å². The molecule has 18 heavy (non-hydrogen) atoms. The lowest BCUT2D eigenvalue weighted by molar-refractivity contribution is 0.159. The number of aliphatic hydroxyl groups excluding tert-OH is 1. The van der Waals surface area contributed by atoms with Gasteiger partial charge in [-0.05, 0) is 6.42 Å². The second kappa shape index (κ2) is 8.86. The monoisotopic (exact) mass is 252 g/mol. The molecule has 0 amide bonds. The van der Waals surface area contributed by atoms with Crippen LogP contribution in [0.1, 0.15) is 51.1 Å². The number of hydrogen-bond acceptors (Lipinski definition) is 4. The molecule has 4 heteroatoms. The van der Waals surface area contributed by atoms with Gasteiger partial charge in [0.2, 0.25) is 5.88 Å². The topological polar surface area (TPSA) is 55.2 Å². The highest BCUT2D eigenvalue weighted by Crippen LogP contribution is 2.12. The standard InChI is InChI=1S/C14H24N2O2/c1-3-4-5-6-7-8-13(17)9-12-10-14(18-2)16-11-15-12/h10-11,13,17H,3-9H2,1-2H3. The Balaban J connectivity index is 2.24. The van der Waals surface area contributed by atoms with Crippen molar-refractivity contribution >= 4 is 0 Å². The van der Waals surface area contributed by atoms with Gasteiger partial charge in [-0.25, -0.2) is 9.97 Å². The largest absolute Gasteiger partial charge is 0.481 e. The summed E-state index contributed by atoms with van der Waals surface area (Å²) in [6.45, 7) is 2.21. The van der Waals surface area contributed by atoms with Crippen LogP contribution in [0.15, 0.2) is 12.4 Å². The first-order valence-electron chi connectivity index (χ1n) is 6.79. The quantitative estimate of drug-likeness (QED) is 0.687. The highest BCUT2D eigenvalue weighted by Gasteiger charge is 2.07. The third-order valence-electron chi connectivity index (χ3n) is 2.99. The van der Waals surface area contributed by atoms with E-state index in [-0.39, 0.29) is 6.10 Å². The lowest BCUT2D eigenvalue weighted by atomic mass is 10.0. The van der Waals surface area contributed by atoms with E-state index in [1.165, 1.54) is 32.0 Å². The summed E-state index contributed by atoms with van der Waals surface area (Å²) in [4.78, 5) is 8.08. The van der Waals surface area contributed by atoms with Gasteiger partial charge in [0.15, 0.2) is 0 Å². The van der Waals surface area contributed by atoms with Crippen LogP contribution in [0, 0.1) is 0 Å². The summed E-state index contributed by atoms with van der Waals surface area (Å²) in [5, 5.41) is 9.92. The molecule has 0 saturated heterocycles. The maximum absolute atomic E-state index is 9.92. The van der Waals surface area contributed by atoms with Crippen molar-refractivity contribution in [1.29, 1.82) is 0 Å². The minimum absolute atomic E-state index is 0.314. The fraction of sp³-hybridized carbons (Fsp3) is 0.714. The third-order valence-corrected chi connectivity index (χ3v) is 2.99. The van der Waals surface area contributed by atoms with Gasteiger partial charge in [0.05, 0.1) is 18.9 Å². The Labute approximate surface area is 109 Å². The molecule has 1 heterocycles. The Kier molecular flexibility index (Phi) is 7.34. The summed E-state index contributed by atoms with van der Waals surface area (Å²) < 4.78 is 5.03. The Morgan fingerprint density at radius 2 is 2.00 bits per heavy atom. The van der Waals surface area contributed by atoms with E-state index in [0.717, 1.165) is 18.5 Å². The first kappa shape index (κ1) is 14.9. The first-order valence-corrected chi connectivity index (χ1v) is 6.79. The molecule has 0 aromatic carbocycles. The molecule has 0 fully saturated rings. The van der Waals surface area contributed by atoms with Gasteiger partial charge in [0.1, 0.15) is 6.33 Å². The molecule has 0 bridgehead atoms. The minimum Gasteiger partial charge on any atom is -0.481 e. The number of aromatic nitrogens is 2. The van der Waals surface area contributed by atoms with Gasteiger partial charge in [0, 0.05) is 12.5 Å². The number of methoxy groups -OCH3 is 1. The number of rotatable bonds is 9. The summed E-state index contributed by atoms with van der Waals surface area (Å²) in [5.74, 6) is 0.551. The number of ether oxygens (including phenoxy) is 1. The molecule has 0 saturated carbocycles. The van der Waals surface area contributed by atoms with Crippen molar-refractivity contribution in [3.8, 4) is 5.88 Å². The molecular formula is C14H24N2O2. The molecule has 0 radical (unpaired) electrons. The zero-order valence-electron chi connectivity index (χ0n) is 11.4. The van der Waals surface area contributed by atoms with Crippen molar-refractivity contribution in [3.05, 3.63) is 18.1 Å². The molecule has 0 spiro atoms. The van der Waals surface area contributed by atoms with Gasteiger partial charge in [-0.2, -0.15) is 0 Å². The Hall–Kier alpha value is -1.16. The van der Waals surface area contributed by atoms with Crippen molar-refractivity contribution in [2.45, 2.75) is 58.0 Å². The SMILES string of the molecule is CCCCCCCC(O)Cc1cc(OC)ncn1. The summed E-state index contributed by atoms with van der Waals surface area (Å²) in [5.41, 5.74) is 0.836. The van der Waals surface area contributed by atoms with Gasteiger partial charge >= 0.3 is 0 Å². The van der Waals surface area contributed by atoms with E-state index in [9.17, 15) is 5.11 Å². The summed E-state index contributed by atoms with van der Waals surface area (Å²) in [7, 11) is 1.58. The van der Waals surface area contributed by atoms with Crippen molar-refractivity contribution in [2.24, 2.45) is 0 Å². The number of nitrogens with zero attached hydrogens (tertiary/aromatic N) is 2. The molecule has 0 aliphatic rings. The lowest BCUT2D eigenvalue weighted by Crippen LogP contribution is -2.11. The van der Waals surface area contributed by atoms with Crippen molar-refractivity contribution in [1.82, 2.24) is 9.97 Å². The van der Waals surface area contributed by atoms with Gasteiger partial charge in [0.25, 0.3) is 0 Å². The molecule has 4 nitrogen and oxygen atoms in total. The number of aliphatic hydroxyl groups is 1. The fourth-order valence-corrected chi connectivity index (χ4v) is 1.93. The van der Waals surface area contributed by atoms with Crippen molar-refractivity contribution in [2.75, 3.05) is 7.11 Å². The van der Waals surface area contributed by atoms with E-state index in [1.54, 1.807) is 13.2 Å². The number of hydrogen-bond donors (Lipinski definition) is 1. The Morgan fingerprint density at radius 3 is 2.72 bits per heavy atom. The lowest BCUT2D eigenvalue weighted by Gasteiger charge is -2.10. The molecule has 0 aliphatic heterocycles. The minimum atomic E-state index is -0.314. The predicted molar refractivity (Wildman–Crippen MR) is 71.7 cm³/mol. The smallest absolute Gasteiger partial charge is 0.216 e. The maximum atomic E-state index is 9.92. The summed E-state index contributed by atoms with van der Waals surface area (Å²) >= 11 is 0. The second-order valence-corrected chi connectivity index (χ2v) is 4.61. The van der Waals surface area contributed by atoms with Crippen molar-refractivity contribution in [3.63, 3.8) is 0 Å². The first-order chi connectivity index (χ1) is 8.76. The molecule has 102 valence electrons. The van der Waals surface area contributed by atoms with Crippen LogP contribution >= 0.6 is 0 Å². The average molecular weight is 252 g/mol. The van der Waals surface area contributed by atoms with Crippen LogP contribution in [0.4, 0.5) is 0 Å². The van der Waals surface area contributed by atoms with Crippen LogP contribution in [0.2, 0.25) is 0 Å². The van der Waals surface area contributed by atoms with E-state index in [0.29, 0.717) is 12.3 Å². The van der Waals surface area contributed by atoms with Crippen molar-refractivity contribution < 1.29 is 9.84 Å². The molecule has 1 N–H and O–H groups in total. The van der Waals surface area contributed by atoms with Gasteiger partial charge < -0.3 is 9.84 Å². The Bertz CT molecular complexity index is 331. The van der Waals surface area contributed by atoms with Crippen LogP contribution in [0.3, 0.4) is 0 Å². The van der Waals surface area contributed by atoms with E-state index < -0.39 is 0 Å². The van der Waals surface area contributed by atoms with E-state index in [4.69, 9.17) is 4.74 Å². The van der Waals surface area contributed by atoms with Crippen LogP contribution in [-0.2, 0) is 6.42 Å². The molecule has 1 aromatic rings. The normalized spacial score (nSPS) is 12.4. The molecule has 1 atom stereocenters. The van der Waals surface area contributed by atoms with Crippen LogP contribution in [-0.4, -0.2) is 28.3 Å². The van der Waals surface area contributed by atoms with Gasteiger partial charge in [-0.15, -0.1) is 0 Å². The zero-order valence-corrected chi connectivity index (χ0v) is 11.4. The third kappa shape index (κ3) is 5.96. The fourth-order valence-electron chi connectivity index (χ4n) is 1.93. The summed E-state index contributed by atoms with van der Waals surface area (Å²) in [6, 6.07) is 1.78. The average Bonchev–Trinajstić information content (AvgIpc) is 2.38. The second-order valence-electron chi connectivity index (χ2n) is 4.61. The zero-order chi connectivity index (χ0) is 13.2. The molecule has 1 aromatic heterocycles. The Morgan fingerprint density at radius 1 is 1.22 bits per heavy atom. The maximum Gasteiger partial charge on any atom is 0.216 e. The van der Waals surface area contributed by atoms with Crippen LogP contribution < -0.4 is 4.74 Å². The van der Waals surface area contributed by atoms with E-state index >= 15 is 0 Å². The summed E-state index contributed by atoms with van der Waals surface area (Å²) in [6.07, 6.45) is 8.69. The van der Waals surface area contributed by atoms with Crippen LogP contribution in [0.5, 0.6) is 5.88 Å². The van der Waals surface area contributed by atoms with E-state index in [2.05, 4.69) is 16.9 Å². The molecule has 0 aliphatic carbocycles. The predicted octanol–water partition coefficient (Wildman–Crippen LogP) is 2.75. The molecule has 1 unspecified atom stereocenters. The highest BCUT2D eigenvalue weighted by molar-refractivity contribution is 5.13. The molecule has 1 rings (SSSR count). The molecular weight excluding hydrogens is 228 g/mol.